The van der Waals surface area contributed by atoms with Gasteiger partial charge in [-0.3, -0.25) is 0 Å². The van der Waals surface area contributed by atoms with Crippen molar-refractivity contribution in [2.75, 3.05) is 19.5 Å². The molecule has 0 unspecified atom stereocenters. The quantitative estimate of drug-likeness (QED) is 0.742. The van der Waals surface area contributed by atoms with Gasteiger partial charge in [-0.1, -0.05) is 11.6 Å². The molecule has 3 nitrogen and oxygen atoms in total. The number of hydrogen-bond acceptors (Lipinski definition) is 3. The summed E-state index contributed by atoms with van der Waals surface area (Å²) >= 11 is 8.46. The number of rotatable bonds is 5. The minimum atomic E-state index is 0.547. The van der Waals surface area contributed by atoms with Crippen LogP contribution in [0, 0.1) is 3.57 Å². The second-order valence-corrected chi connectivity index (χ2v) is 5.83. The molecule has 0 spiro atoms. The summed E-state index contributed by atoms with van der Waals surface area (Å²) in [7, 11) is 3.18. The van der Waals surface area contributed by atoms with Gasteiger partial charge in [0.1, 0.15) is 0 Å². The fourth-order valence-corrected chi connectivity index (χ4v) is 2.52. The van der Waals surface area contributed by atoms with Crippen molar-refractivity contribution in [3.8, 4) is 11.5 Å². The maximum atomic E-state index is 6.18. The van der Waals surface area contributed by atoms with Crippen molar-refractivity contribution < 1.29 is 9.47 Å². The smallest absolute Gasteiger partial charge is 0.179 e. The predicted octanol–water partition coefficient (Wildman–Crippen LogP) is 4.57. The molecule has 0 fully saturated rings. The van der Waals surface area contributed by atoms with Crippen LogP contribution >= 0.6 is 34.2 Å². The van der Waals surface area contributed by atoms with E-state index < -0.39 is 0 Å². The molecule has 0 saturated carbocycles. The molecule has 0 bridgehead atoms. The average Bonchev–Trinajstić information content (AvgIpc) is 2.46. The Balaban J connectivity index is 2.13. The Bertz CT molecular complexity index is 587. The van der Waals surface area contributed by atoms with Gasteiger partial charge in [0.25, 0.3) is 0 Å². The third-order valence-corrected chi connectivity index (χ3v) is 3.83. The van der Waals surface area contributed by atoms with Gasteiger partial charge in [0, 0.05) is 15.8 Å². The van der Waals surface area contributed by atoms with Gasteiger partial charge < -0.3 is 14.8 Å². The fourth-order valence-electron chi connectivity index (χ4n) is 1.85. The number of nitrogens with one attached hydrogen (secondary N) is 1. The van der Waals surface area contributed by atoms with E-state index in [9.17, 15) is 0 Å². The molecule has 0 heterocycles. The standard InChI is InChI=1S/C15H15ClINO2/c1-19-14-8-10(7-13(16)15(14)20-2)9-18-12-5-3-11(17)4-6-12/h3-8,18H,9H2,1-2H3. The van der Waals surface area contributed by atoms with Crippen molar-refractivity contribution in [3.05, 3.63) is 50.6 Å². The Morgan fingerprint density at radius 1 is 1.10 bits per heavy atom. The Morgan fingerprint density at radius 3 is 2.40 bits per heavy atom. The van der Waals surface area contributed by atoms with Crippen molar-refractivity contribution in [1.82, 2.24) is 0 Å². The lowest BCUT2D eigenvalue weighted by molar-refractivity contribution is 0.355. The van der Waals surface area contributed by atoms with E-state index in [0.29, 0.717) is 23.1 Å². The van der Waals surface area contributed by atoms with Crippen LogP contribution < -0.4 is 14.8 Å². The van der Waals surface area contributed by atoms with Crippen molar-refractivity contribution in [1.29, 1.82) is 0 Å². The highest BCUT2D eigenvalue weighted by molar-refractivity contribution is 14.1. The van der Waals surface area contributed by atoms with Gasteiger partial charge in [-0.05, 0) is 64.6 Å². The first-order valence-corrected chi connectivity index (χ1v) is 7.49. The van der Waals surface area contributed by atoms with Crippen molar-refractivity contribution in [2.24, 2.45) is 0 Å². The minimum absolute atomic E-state index is 0.547. The predicted molar refractivity (Wildman–Crippen MR) is 91.0 cm³/mol. The third-order valence-electron chi connectivity index (χ3n) is 2.83. The molecular weight excluding hydrogens is 389 g/mol. The van der Waals surface area contributed by atoms with Gasteiger partial charge in [-0.2, -0.15) is 0 Å². The molecule has 0 aromatic heterocycles. The highest BCUT2D eigenvalue weighted by Gasteiger charge is 2.10. The Morgan fingerprint density at radius 2 is 1.80 bits per heavy atom. The second-order valence-electron chi connectivity index (χ2n) is 4.17. The zero-order valence-corrected chi connectivity index (χ0v) is 14.2. The van der Waals surface area contributed by atoms with Crippen LogP contribution in [-0.2, 0) is 6.54 Å². The van der Waals surface area contributed by atoms with Crippen LogP contribution in [0.2, 0.25) is 5.02 Å². The summed E-state index contributed by atoms with van der Waals surface area (Å²) in [6.07, 6.45) is 0. The molecule has 0 aliphatic carbocycles. The average molecular weight is 404 g/mol. The fraction of sp³-hybridized carbons (Fsp3) is 0.200. The molecule has 2 aromatic carbocycles. The highest BCUT2D eigenvalue weighted by Crippen LogP contribution is 2.36. The normalized spacial score (nSPS) is 10.2. The maximum absolute atomic E-state index is 6.18. The molecule has 0 aliphatic heterocycles. The van der Waals surface area contributed by atoms with Crippen LogP contribution in [0.3, 0.4) is 0 Å². The lowest BCUT2D eigenvalue weighted by atomic mass is 10.2. The molecule has 0 aliphatic rings. The topological polar surface area (TPSA) is 30.5 Å². The number of halogens is 2. The van der Waals surface area contributed by atoms with E-state index >= 15 is 0 Å². The second kappa shape index (κ2) is 7.04. The molecule has 2 rings (SSSR count). The van der Waals surface area contributed by atoms with Crippen LogP contribution in [-0.4, -0.2) is 14.2 Å². The van der Waals surface area contributed by atoms with E-state index in [1.54, 1.807) is 14.2 Å². The molecule has 0 atom stereocenters. The van der Waals surface area contributed by atoms with Crippen molar-refractivity contribution in [3.63, 3.8) is 0 Å². The molecule has 20 heavy (non-hydrogen) atoms. The zero-order chi connectivity index (χ0) is 14.5. The Labute approximate surface area is 137 Å². The molecule has 0 saturated heterocycles. The number of methoxy groups -OCH3 is 2. The molecule has 0 radical (unpaired) electrons. The lowest BCUT2D eigenvalue weighted by Gasteiger charge is -2.12. The van der Waals surface area contributed by atoms with Gasteiger partial charge in [-0.25, -0.2) is 0 Å². The van der Waals surface area contributed by atoms with E-state index in [0.717, 1.165) is 11.3 Å². The Hall–Kier alpha value is -1.14. The summed E-state index contributed by atoms with van der Waals surface area (Å²) in [6.45, 7) is 0.667. The van der Waals surface area contributed by atoms with E-state index in [2.05, 4.69) is 40.0 Å². The molecular formula is C15H15ClINO2. The van der Waals surface area contributed by atoms with E-state index in [1.807, 2.05) is 24.3 Å². The van der Waals surface area contributed by atoms with Gasteiger partial charge in [0.05, 0.1) is 19.2 Å². The number of hydrogen-bond donors (Lipinski definition) is 1. The van der Waals surface area contributed by atoms with Crippen LogP contribution in [0.15, 0.2) is 36.4 Å². The number of benzene rings is 2. The summed E-state index contributed by atoms with van der Waals surface area (Å²) in [5, 5.41) is 3.89. The number of ether oxygens (including phenoxy) is 2. The maximum Gasteiger partial charge on any atom is 0.179 e. The van der Waals surface area contributed by atoms with Gasteiger partial charge in [0.15, 0.2) is 11.5 Å². The first kappa shape index (κ1) is 15.3. The zero-order valence-electron chi connectivity index (χ0n) is 11.2. The molecule has 2 aromatic rings. The first-order valence-electron chi connectivity index (χ1n) is 6.04. The third kappa shape index (κ3) is 3.70. The SMILES string of the molecule is COc1cc(CNc2ccc(I)cc2)cc(Cl)c1OC. The number of anilines is 1. The van der Waals surface area contributed by atoms with Crippen molar-refractivity contribution in [2.45, 2.75) is 6.54 Å². The molecule has 5 heteroatoms. The summed E-state index contributed by atoms with van der Waals surface area (Å²) in [6, 6.07) is 12.0. The van der Waals surface area contributed by atoms with E-state index in [4.69, 9.17) is 21.1 Å². The van der Waals surface area contributed by atoms with Crippen LogP contribution in [0.25, 0.3) is 0 Å². The van der Waals surface area contributed by atoms with Crippen LogP contribution in [0.4, 0.5) is 5.69 Å². The van der Waals surface area contributed by atoms with Crippen LogP contribution in [0.1, 0.15) is 5.56 Å². The Kier molecular flexibility index (Phi) is 5.37. The van der Waals surface area contributed by atoms with E-state index in [1.165, 1.54) is 3.57 Å². The summed E-state index contributed by atoms with van der Waals surface area (Å²) in [5.74, 6) is 1.20. The van der Waals surface area contributed by atoms with Gasteiger partial charge >= 0.3 is 0 Å². The van der Waals surface area contributed by atoms with Crippen molar-refractivity contribution >= 4 is 39.9 Å². The lowest BCUT2D eigenvalue weighted by Crippen LogP contribution is -2.01. The summed E-state index contributed by atoms with van der Waals surface area (Å²) < 4.78 is 11.7. The molecule has 1 N–H and O–H groups in total. The monoisotopic (exact) mass is 403 g/mol. The van der Waals surface area contributed by atoms with E-state index in [-0.39, 0.29) is 0 Å². The van der Waals surface area contributed by atoms with Gasteiger partial charge in [0.2, 0.25) is 0 Å². The summed E-state index contributed by atoms with van der Waals surface area (Å²) in [4.78, 5) is 0. The summed E-state index contributed by atoms with van der Waals surface area (Å²) in [5.41, 5.74) is 2.10. The highest BCUT2D eigenvalue weighted by atomic mass is 127. The molecule has 106 valence electrons. The minimum Gasteiger partial charge on any atom is -0.493 e. The largest absolute Gasteiger partial charge is 0.493 e. The van der Waals surface area contributed by atoms with Gasteiger partial charge in [-0.15, -0.1) is 0 Å². The first-order chi connectivity index (χ1) is 9.63. The van der Waals surface area contributed by atoms with Crippen LogP contribution in [0.5, 0.6) is 11.5 Å². The molecule has 0 amide bonds.